The number of aliphatic hydroxyl groups excluding tert-OH is 1. The number of carbonyl (C=O) groups is 1. The first-order valence-corrected chi connectivity index (χ1v) is 6.69. The zero-order valence-corrected chi connectivity index (χ0v) is 11.9. The monoisotopic (exact) mass is 319 g/mol. The summed E-state index contributed by atoms with van der Waals surface area (Å²) in [6.45, 7) is -0.181. The second-order valence-corrected chi connectivity index (χ2v) is 4.68. The van der Waals surface area contributed by atoms with Gasteiger partial charge in [0.2, 0.25) is 0 Å². The number of nitrogens with one attached hydrogen (secondary N) is 2. The number of nitro benzene ring substituents is 1. The number of nitro groups is 1. The molecular weight excluding hydrogens is 305 g/mol. The maximum absolute atomic E-state index is 13.5. The molecule has 0 saturated heterocycles. The molecule has 0 saturated carbocycles. The normalized spacial score (nSPS) is 11.6. The molecule has 0 aromatic heterocycles. The number of nitrogens with zero attached hydrogens (tertiary/aromatic N) is 1. The molecular formula is C15H14FN3O4. The van der Waals surface area contributed by atoms with Crippen molar-refractivity contribution in [3.8, 4) is 0 Å². The number of urea groups is 1. The number of non-ortho nitro benzene ring substituents is 1. The van der Waals surface area contributed by atoms with E-state index in [1.165, 1.54) is 42.5 Å². The summed E-state index contributed by atoms with van der Waals surface area (Å²) in [6, 6.07) is 10.4. The van der Waals surface area contributed by atoms with E-state index in [0.717, 1.165) is 0 Å². The average molecular weight is 319 g/mol. The molecule has 0 bridgehead atoms. The maximum Gasteiger partial charge on any atom is 0.319 e. The molecule has 0 aliphatic carbocycles. The fourth-order valence-electron chi connectivity index (χ4n) is 1.89. The van der Waals surface area contributed by atoms with Crippen LogP contribution >= 0.6 is 0 Å². The number of halogens is 1. The second kappa shape index (κ2) is 7.32. The summed E-state index contributed by atoms with van der Waals surface area (Å²) in [4.78, 5) is 21.7. The molecule has 7 nitrogen and oxygen atoms in total. The summed E-state index contributed by atoms with van der Waals surface area (Å²) in [5, 5.41) is 25.2. The van der Waals surface area contributed by atoms with E-state index in [2.05, 4.69) is 10.6 Å². The Kier molecular flexibility index (Phi) is 5.21. The Labute approximate surface area is 130 Å². The van der Waals surface area contributed by atoms with E-state index in [0.29, 0.717) is 5.69 Å². The van der Waals surface area contributed by atoms with Crippen LogP contribution in [0.5, 0.6) is 0 Å². The van der Waals surface area contributed by atoms with E-state index in [1.54, 1.807) is 6.07 Å². The molecule has 0 heterocycles. The lowest BCUT2D eigenvalue weighted by Crippen LogP contribution is -2.32. The van der Waals surface area contributed by atoms with Gasteiger partial charge in [-0.2, -0.15) is 0 Å². The molecule has 0 radical (unpaired) electrons. The van der Waals surface area contributed by atoms with Crippen LogP contribution in [0.15, 0.2) is 48.5 Å². The van der Waals surface area contributed by atoms with Crippen LogP contribution in [0, 0.1) is 15.9 Å². The third-order valence-corrected chi connectivity index (χ3v) is 3.06. The molecule has 120 valence electrons. The summed E-state index contributed by atoms with van der Waals surface area (Å²) >= 11 is 0. The summed E-state index contributed by atoms with van der Waals surface area (Å²) in [7, 11) is 0. The van der Waals surface area contributed by atoms with Gasteiger partial charge in [-0.05, 0) is 18.2 Å². The van der Waals surface area contributed by atoms with E-state index in [4.69, 9.17) is 0 Å². The van der Waals surface area contributed by atoms with Crippen molar-refractivity contribution in [2.24, 2.45) is 0 Å². The number of anilines is 1. The molecule has 2 amide bonds. The first-order chi connectivity index (χ1) is 11.0. The van der Waals surface area contributed by atoms with E-state index >= 15 is 0 Å². The standard InChI is InChI=1S/C15H14FN3O4/c16-13-4-2-1-3-12(13)14(20)9-17-15(21)18-10-5-7-11(8-6-10)19(22)23/h1-8,14,20H,9H2,(H2,17,18,21)/t14-/m1/s1. The predicted octanol–water partition coefficient (Wildman–Crippen LogP) is 2.59. The van der Waals surface area contributed by atoms with Crippen molar-refractivity contribution in [2.75, 3.05) is 11.9 Å². The lowest BCUT2D eigenvalue weighted by Gasteiger charge is -2.13. The minimum Gasteiger partial charge on any atom is -0.386 e. The van der Waals surface area contributed by atoms with Crippen molar-refractivity contribution in [1.82, 2.24) is 5.32 Å². The molecule has 0 fully saturated rings. The Morgan fingerprint density at radius 1 is 1.22 bits per heavy atom. The van der Waals surface area contributed by atoms with Gasteiger partial charge in [0.15, 0.2) is 0 Å². The molecule has 23 heavy (non-hydrogen) atoms. The van der Waals surface area contributed by atoms with Gasteiger partial charge in [0.25, 0.3) is 5.69 Å². The Morgan fingerprint density at radius 3 is 2.48 bits per heavy atom. The third kappa shape index (κ3) is 4.48. The van der Waals surface area contributed by atoms with Crippen molar-refractivity contribution in [1.29, 1.82) is 0 Å². The van der Waals surface area contributed by atoms with E-state index in [9.17, 15) is 24.4 Å². The van der Waals surface area contributed by atoms with Crippen molar-refractivity contribution >= 4 is 17.4 Å². The highest BCUT2D eigenvalue weighted by Crippen LogP contribution is 2.17. The maximum atomic E-state index is 13.5. The Hall–Kier alpha value is -3.00. The minimum atomic E-state index is -1.18. The van der Waals surface area contributed by atoms with Crippen LogP contribution in [0.4, 0.5) is 20.6 Å². The minimum absolute atomic E-state index is 0.0862. The van der Waals surface area contributed by atoms with Gasteiger partial charge in [-0.25, -0.2) is 9.18 Å². The molecule has 2 aromatic carbocycles. The van der Waals surface area contributed by atoms with Gasteiger partial charge in [0.05, 0.1) is 11.0 Å². The smallest absolute Gasteiger partial charge is 0.319 e. The van der Waals surface area contributed by atoms with Crippen LogP contribution in [0.25, 0.3) is 0 Å². The Bertz CT molecular complexity index is 706. The zero-order chi connectivity index (χ0) is 16.8. The first kappa shape index (κ1) is 16.4. The van der Waals surface area contributed by atoms with Crippen LogP contribution in [0.3, 0.4) is 0 Å². The summed E-state index contributed by atoms with van der Waals surface area (Å²) < 4.78 is 13.5. The highest BCUT2D eigenvalue weighted by molar-refractivity contribution is 5.89. The van der Waals surface area contributed by atoms with Gasteiger partial charge >= 0.3 is 6.03 Å². The average Bonchev–Trinajstić information content (AvgIpc) is 2.53. The number of rotatable bonds is 5. The summed E-state index contributed by atoms with van der Waals surface area (Å²) in [6.07, 6.45) is -1.18. The molecule has 0 unspecified atom stereocenters. The topological polar surface area (TPSA) is 104 Å². The van der Waals surface area contributed by atoms with Crippen LogP contribution in [0.2, 0.25) is 0 Å². The van der Waals surface area contributed by atoms with Crippen LogP contribution in [0.1, 0.15) is 11.7 Å². The number of aliphatic hydroxyl groups is 1. The predicted molar refractivity (Wildman–Crippen MR) is 81.5 cm³/mol. The van der Waals surface area contributed by atoms with Gasteiger partial charge in [0.1, 0.15) is 5.82 Å². The van der Waals surface area contributed by atoms with Gasteiger partial charge in [-0.15, -0.1) is 0 Å². The Morgan fingerprint density at radius 2 is 1.87 bits per heavy atom. The van der Waals surface area contributed by atoms with E-state index in [-0.39, 0.29) is 17.8 Å². The van der Waals surface area contributed by atoms with Gasteiger partial charge in [0, 0.05) is 29.9 Å². The summed E-state index contributed by atoms with van der Waals surface area (Å²) in [5.74, 6) is -0.558. The molecule has 8 heteroatoms. The molecule has 2 aromatic rings. The number of hydrogen-bond acceptors (Lipinski definition) is 4. The molecule has 2 rings (SSSR count). The van der Waals surface area contributed by atoms with E-state index < -0.39 is 22.9 Å². The van der Waals surface area contributed by atoms with Gasteiger partial charge in [-0.1, -0.05) is 18.2 Å². The Balaban J connectivity index is 1.87. The third-order valence-electron chi connectivity index (χ3n) is 3.06. The van der Waals surface area contributed by atoms with Crippen LogP contribution in [-0.4, -0.2) is 22.6 Å². The fourth-order valence-corrected chi connectivity index (χ4v) is 1.89. The summed E-state index contributed by atoms with van der Waals surface area (Å²) in [5.41, 5.74) is 0.350. The molecule has 1 atom stereocenters. The molecule has 3 N–H and O–H groups in total. The molecule has 0 spiro atoms. The highest BCUT2D eigenvalue weighted by atomic mass is 19.1. The number of hydrogen-bond donors (Lipinski definition) is 3. The number of carbonyl (C=O) groups excluding carboxylic acids is 1. The lowest BCUT2D eigenvalue weighted by molar-refractivity contribution is -0.384. The van der Waals surface area contributed by atoms with Crippen molar-refractivity contribution in [2.45, 2.75) is 6.10 Å². The van der Waals surface area contributed by atoms with Crippen LogP contribution < -0.4 is 10.6 Å². The van der Waals surface area contributed by atoms with Crippen LogP contribution in [-0.2, 0) is 0 Å². The number of amides is 2. The van der Waals surface area contributed by atoms with Crippen molar-refractivity contribution in [3.63, 3.8) is 0 Å². The van der Waals surface area contributed by atoms with Crippen molar-refractivity contribution in [3.05, 3.63) is 70.0 Å². The fraction of sp³-hybridized carbons (Fsp3) is 0.133. The van der Waals surface area contributed by atoms with Crippen molar-refractivity contribution < 1.29 is 19.2 Å². The van der Waals surface area contributed by atoms with Gasteiger partial charge in [-0.3, -0.25) is 10.1 Å². The van der Waals surface area contributed by atoms with Gasteiger partial charge < -0.3 is 15.7 Å². The van der Waals surface area contributed by atoms with E-state index in [1.807, 2.05) is 0 Å². The highest BCUT2D eigenvalue weighted by Gasteiger charge is 2.13. The quantitative estimate of drug-likeness (QED) is 0.582. The largest absolute Gasteiger partial charge is 0.386 e. The second-order valence-electron chi connectivity index (χ2n) is 4.68. The molecule has 0 aliphatic rings. The lowest BCUT2D eigenvalue weighted by atomic mass is 10.1. The SMILES string of the molecule is O=C(NC[C@@H](O)c1ccccc1F)Nc1ccc([N+](=O)[O-])cc1. The first-order valence-electron chi connectivity index (χ1n) is 6.69. The molecule has 0 aliphatic heterocycles. The zero-order valence-electron chi connectivity index (χ0n) is 11.9. The number of benzene rings is 2.